The molecule has 2 unspecified atom stereocenters. The molecule has 2 aliphatic carbocycles. The fourth-order valence-electron chi connectivity index (χ4n) is 3.74. The average molecular weight is 338 g/mol. The van der Waals surface area contributed by atoms with Crippen molar-refractivity contribution in [1.29, 1.82) is 0 Å². The zero-order chi connectivity index (χ0) is 16.7. The van der Waals surface area contributed by atoms with E-state index in [1.54, 1.807) is 0 Å². The highest BCUT2D eigenvalue weighted by molar-refractivity contribution is 7.95. The van der Waals surface area contributed by atoms with Crippen LogP contribution < -0.4 is 5.32 Å². The van der Waals surface area contributed by atoms with Crippen LogP contribution in [-0.2, 0) is 9.84 Å². The summed E-state index contributed by atoms with van der Waals surface area (Å²) in [4.78, 5) is 0.584. The average Bonchev–Trinajstić information content (AvgIpc) is 3.18. The van der Waals surface area contributed by atoms with E-state index in [1.165, 1.54) is 12.8 Å². The molecule has 4 heteroatoms. The number of hydrogen-bond donors (Lipinski definition) is 1. The molecule has 130 valence electrons. The molecular weight excluding hydrogens is 306 g/mol. The Hall–Kier alpha value is -0.610. The zero-order valence-electron chi connectivity index (χ0n) is 14.7. The number of rotatable bonds is 6. The summed E-state index contributed by atoms with van der Waals surface area (Å²) in [5.74, 6) is 2.31. The van der Waals surface area contributed by atoms with E-state index >= 15 is 0 Å². The third kappa shape index (κ3) is 4.69. The van der Waals surface area contributed by atoms with Gasteiger partial charge in [0.05, 0.1) is 10.7 Å². The number of nitrogens with one attached hydrogen (secondary N) is 1. The fourth-order valence-corrected chi connectivity index (χ4v) is 5.46. The quantitative estimate of drug-likeness (QED) is 0.806. The third-order valence-electron chi connectivity index (χ3n) is 5.27. The molecule has 1 saturated heterocycles. The zero-order valence-corrected chi connectivity index (χ0v) is 15.5. The van der Waals surface area contributed by atoms with Crippen LogP contribution in [0.15, 0.2) is 23.1 Å². The monoisotopic (exact) mass is 337 g/mol. The number of allylic oxidation sites excluding steroid dienone is 3. The SMILES string of the molecule is CC(C)(C)CC1C=CC(S(=O)(=O)CC2CNC2)=CC1CC1CC1. The Morgan fingerprint density at radius 3 is 2.35 bits per heavy atom. The predicted molar refractivity (Wildman–Crippen MR) is 95.8 cm³/mol. The maximum atomic E-state index is 12.7. The highest BCUT2D eigenvalue weighted by Crippen LogP contribution is 2.43. The topological polar surface area (TPSA) is 46.2 Å². The first-order valence-corrected chi connectivity index (χ1v) is 10.7. The predicted octanol–water partition coefficient (Wildman–Crippen LogP) is 3.54. The smallest absolute Gasteiger partial charge is 0.178 e. The summed E-state index contributed by atoms with van der Waals surface area (Å²) in [6, 6.07) is 0. The van der Waals surface area contributed by atoms with Crippen molar-refractivity contribution in [3.63, 3.8) is 0 Å². The van der Waals surface area contributed by atoms with Gasteiger partial charge >= 0.3 is 0 Å². The van der Waals surface area contributed by atoms with Gasteiger partial charge in [0.15, 0.2) is 9.84 Å². The first-order valence-electron chi connectivity index (χ1n) is 9.06. The molecule has 3 nitrogen and oxygen atoms in total. The Morgan fingerprint density at radius 1 is 1.13 bits per heavy atom. The molecule has 0 aromatic rings. The second-order valence-electron chi connectivity index (χ2n) is 9.01. The van der Waals surface area contributed by atoms with E-state index in [0.29, 0.717) is 28.4 Å². The van der Waals surface area contributed by atoms with Crippen molar-refractivity contribution in [2.24, 2.45) is 29.1 Å². The third-order valence-corrected chi connectivity index (χ3v) is 7.17. The Bertz CT molecular complexity index is 589. The summed E-state index contributed by atoms with van der Waals surface area (Å²) >= 11 is 0. The minimum absolute atomic E-state index is 0.276. The van der Waals surface area contributed by atoms with Crippen molar-refractivity contribution in [3.05, 3.63) is 23.1 Å². The lowest BCUT2D eigenvalue weighted by Crippen LogP contribution is -2.45. The van der Waals surface area contributed by atoms with Gasteiger partial charge in [-0.2, -0.15) is 0 Å². The number of hydrogen-bond acceptors (Lipinski definition) is 3. The molecular formula is C19H31NO2S. The summed E-state index contributed by atoms with van der Waals surface area (Å²) in [5, 5.41) is 3.16. The van der Waals surface area contributed by atoms with Crippen LogP contribution in [0.25, 0.3) is 0 Å². The maximum absolute atomic E-state index is 12.7. The van der Waals surface area contributed by atoms with Crippen LogP contribution in [0.1, 0.15) is 46.5 Å². The van der Waals surface area contributed by atoms with E-state index in [9.17, 15) is 8.42 Å². The van der Waals surface area contributed by atoms with E-state index < -0.39 is 9.84 Å². The van der Waals surface area contributed by atoms with Gasteiger partial charge in [0.2, 0.25) is 0 Å². The Balaban J connectivity index is 1.74. The lowest BCUT2D eigenvalue weighted by Gasteiger charge is -2.32. The number of sulfone groups is 1. The van der Waals surface area contributed by atoms with Crippen molar-refractivity contribution < 1.29 is 8.42 Å². The first-order chi connectivity index (χ1) is 10.7. The van der Waals surface area contributed by atoms with Gasteiger partial charge in [-0.05, 0) is 48.0 Å². The van der Waals surface area contributed by atoms with Crippen LogP contribution in [0.3, 0.4) is 0 Å². The first kappa shape index (κ1) is 17.2. The molecule has 0 spiro atoms. The van der Waals surface area contributed by atoms with E-state index in [-0.39, 0.29) is 5.41 Å². The van der Waals surface area contributed by atoms with Crippen LogP contribution in [0.2, 0.25) is 0 Å². The second kappa shape index (κ2) is 6.36. The molecule has 0 aromatic heterocycles. The van der Waals surface area contributed by atoms with Gasteiger partial charge in [0.25, 0.3) is 0 Å². The van der Waals surface area contributed by atoms with Crippen LogP contribution in [0.4, 0.5) is 0 Å². The van der Waals surface area contributed by atoms with Crippen LogP contribution in [0.5, 0.6) is 0 Å². The normalized spacial score (nSPS) is 29.3. The van der Waals surface area contributed by atoms with Gasteiger partial charge in [-0.1, -0.05) is 45.8 Å². The van der Waals surface area contributed by atoms with Crippen molar-refractivity contribution in [1.82, 2.24) is 5.32 Å². The highest BCUT2D eigenvalue weighted by atomic mass is 32.2. The maximum Gasteiger partial charge on any atom is 0.178 e. The van der Waals surface area contributed by atoms with Crippen LogP contribution >= 0.6 is 0 Å². The molecule has 0 aromatic carbocycles. The lowest BCUT2D eigenvalue weighted by atomic mass is 9.75. The van der Waals surface area contributed by atoms with E-state index in [4.69, 9.17) is 0 Å². The fraction of sp³-hybridized carbons (Fsp3) is 0.789. The Morgan fingerprint density at radius 2 is 1.83 bits per heavy atom. The Labute approximate surface area is 141 Å². The molecule has 3 aliphatic rings. The van der Waals surface area contributed by atoms with Gasteiger partial charge in [-0.3, -0.25) is 0 Å². The van der Waals surface area contributed by atoms with Crippen molar-refractivity contribution >= 4 is 9.84 Å². The molecule has 1 aliphatic heterocycles. The minimum atomic E-state index is -3.12. The Kier molecular flexibility index (Phi) is 4.76. The minimum Gasteiger partial charge on any atom is -0.316 e. The molecule has 1 heterocycles. The van der Waals surface area contributed by atoms with Gasteiger partial charge in [0, 0.05) is 13.1 Å². The summed E-state index contributed by atoms with van der Waals surface area (Å²) in [6.07, 6.45) is 11.1. The molecule has 0 radical (unpaired) electrons. The van der Waals surface area contributed by atoms with Gasteiger partial charge < -0.3 is 5.32 Å². The second-order valence-corrected chi connectivity index (χ2v) is 11.0. The molecule has 23 heavy (non-hydrogen) atoms. The van der Waals surface area contributed by atoms with Crippen LogP contribution in [0, 0.1) is 29.1 Å². The molecule has 3 rings (SSSR count). The van der Waals surface area contributed by atoms with Gasteiger partial charge in [-0.25, -0.2) is 8.42 Å². The van der Waals surface area contributed by atoms with E-state index in [0.717, 1.165) is 31.8 Å². The molecule has 2 fully saturated rings. The summed E-state index contributed by atoms with van der Waals surface area (Å²) in [7, 11) is -3.12. The largest absolute Gasteiger partial charge is 0.316 e. The molecule has 1 N–H and O–H groups in total. The van der Waals surface area contributed by atoms with Crippen molar-refractivity contribution in [3.8, 4) is 0 Å². The molecule has 2 atom stereocenters. The van der Waals surface area contributed by atoms with Crippen LogP contribution in [-0.4, -0.2) is 27.3 Å². The van der Waals surface area contributed by atoms with Crippen molar-refractivity contribution in [2.45, 2.75) is 46.5 Å². The van der Waals surface area contributed by atoms with Crippen molar-refractivity contribution in [2.75, 3.05) is 18.8 Å². The van der Waals surface area contributed by atoms with E-state index in [1.807, 2.05) is 6.08 Å². The highest BCUT2D eigenvalue weighted by Gasteiger charge is 2.34. The lowest BCUT2D eigenvalue weighted by molar-refractivity contribution is 0.273. The van der Waals surface area contributed by atoms with E-state index in [2.05, 4.69) is 38.2 Å². The van der Waals surface area contributed by atoms with Gasteiger partial charge in [0.1, 0.15) is 0 Å². The molecule has 1 saturated carbocycles. The molecule has 0 amide bonds. The summed E-state index contributed by atoms with van der Waals surface area (Å²) in [5.41, 5.74) is 0.276. The summed E-state index contributed by atoms with van der Waals surface area (Å²) < 4.78 is 25.4. The van der Waals surface area contributed by atoms with Gasteiger partial charge in [-0.15, -0.1) is 0 Å². The summed E-state index contributed by atoms with van der Waals surface area (Å²) in [6.45, 7) is 8.50. The molecule has 0 bridgehead atoms. The standard InChI is InChI=1S/C19H31NO2S/c1-19(2,3)10-16-6-7-18(9-17(16)8-14-4-5-14)23(21,22)13-15-11-20-12-15/h6-7,9,14-17,20H,4-5,8,10-13H2,1-3H3.